The van der Waals surface area contributed by atoms with Gasteiger partial charge in [0.05, 0.1) is 11.0 Å². The van der Waals surface area contributed by atoms with Gasteiger partial charge in [-0.2, -0.15) is 0 Å². The quantitative estimate of drug-likeness (QED) is 0.182. The molecular formula is C48H33NS2. The molecule has 8 aromatic rings. The van der Waals surface area contributed by atoms with Crippen molar-refractivity contribution in [3.63, 3.8) is 0 Å². The van der Waals surface area contributed by atoms with Crippen molar-refractivity contribution in [3.8, 4) is 39.1 Å². The molecule has 2 heterocycles. The van der Waals surface area contributed by atoms with Gasteiger partial charge < -0.3 is 4.57 Å². The fraction of sp³-hybridized carbons (Fsp3) is 0.0417. The summed E-state index contributed by atoms with van der Waals surface area (Å²) in [7, 11) is 0. The molecule has 51 heavy (non-hydrogen) atoms. The summed E-state index contributed by atoms with van der Waals surface area (Å²) in [4.78, 5) is 5.09. The van der Waals surface area contributed by atoms with Crippen LogP contribution < -0.4 is 0 Å². The van der Waals surface area contributed by atoms with Crippen molar-refractivity contribution < 1.29 is 0 Å². The molecule has 1 aromatic heterocycles. The van der Waals surface area contributed by atoms with Gasteiger partial charge in [-0.25, -0.2) is 0 Å². The summed E-state index contributed by atoms with van der Waals surface area (Å²) in [6.45, 7) is 0. The molecule has 10 rings (SSSR count). The molecule has 242 valence electrons. The Hall–Kier alpha value is -5.48. The van der Waals surface area contributed by atoms with Gasteiger partial charge in [-0.05, 0) is 88.3 Å². The summed E-state index contributed by atoms with van der Waals surface area (Å²) >= 11 is 3.78. The van der Waals surface area contributed by atoms with E-state index in [-0.39, 0.29) is 0 Å². The Morgan fingerprint density at radius 1 is 0.471 bits per heavy atom. The standard InChI is InChI=1S/C48H33NS2/c1-3-14-32(15-4-1)33-26-29-41-47(31-33)51-45-24-12-9-20-40(45)39-19-8-11-23-44(39)50-46-25-13-21-36(48(41)46)34-27-28-38-37-18-7-10-22-42(37)49(43(38)30-34)35-16-5-2-6-17-35/h1-14,16-32H,15H2. The van der Waals surface area contributed by atoms with Crippen molar-refractivity contribution in [2.24, 2.45) is 0 Å². The van der Waals surface area contributed by atoms with Crippen molar-refractivity contribution in [3.05, 3.63) is 188 Å². The third-order valence-corrected chi connectivity index (χ3v) is 12.5. The summed E-state index contributed by atoms with van der Waals surface area (Å²) in [5.41, 5.74) is 12.5. The SMILES string of the molecule is C1=CCC(c2ccc3c(c2)Sc2ccccc2-c2ccccc2Sc2cccc(-c4ccc5c6ccccc6n(-c6ccccc6)c5c4)c2-3)C=C1. The highest BCUT2D eigenvalue weighted by Gasteiger charge is 2.24. The zero-order valence-electron chi connectivity index (χ0n) is 27.9. The van der Waals surface area contributed by atoms with Gasteiger partial charge in [0.15, 0.2) is 0 Å². The number of allylic oxidation sites excluding steroid dienone is 4. The lowest BCUT2D eigenvalue weighted by Crippen LogP contribution is -1.99. The van der Waals surface area contributed by atoms with E-state index in [0.29, 0.717) is 5.92 Å². The molecule has 0 N–H and O–H groups in total. The second-order valence-electron chi connectivity index (χ2n) is 13.2. The number of fused-ring (bicyclic) bond motifs is 9. The van der Waals surface area contributed by atoms with Crippen LogP contribution in [0, 0.1) is 0 Å². The first-order chi connectivity index (χ1) is 25.3. The van der Waals surface area contributed by atoms with E-state index in [9.17, 15) is 0 Å². The minimum absolute atomic E-state index is 0.374. The molecule has 0 bridgehead atoms. The van der Waals surface area contributed by atoms with Crippen molar-refractivity contribution >= 4 is 45.3 Å². The molecule has 0 saturated heterocycles. The predicted octanol–water partition coefficient (Wildman–Crippen LogP) is 14.0. The normalized spacial score (nSPS) is 14.9. The minimum atomic E-state index is 0.374. The van der Waals surface area contributed by atoms with Crippen LogP contribution in [0.4, 0.5) is 0 Å². The van der Waals surface area contributed by atoms with Gasteiger partial charge >= 0.3 is 0 Å². The van der Waals surface area contributed by atoms with Gasteiger partial charge in [-0.1, -0.05) is 157 Å². The Morgan fingerprint density at radius 3 is 1.96 bits per heavy atom. The molecular weight excluding hydrogens is 655 g/mol. The van der Waals surface area contributed by atoms with Crippen LogP contribution in [-0.4, -0.2) is 4.57 Å². The Labute approximate surface area is 307 Å². The molecule has 1 nitrogen and oxygen atoms in total. The molecule has 0 fully saturated rings. The van der Waals surface area contributed by atoms with Crippen LogP contribution in [-0.2, 0) is 0 Å². The first kappa shape index (κ1) is 30.4. The third-order valence-electron chi connectivity index (χ3n) is 10.2. The predicted molar refractivity (Wildman–Crippen MR) is 217 cm³/mol. The van der Waals surface area contributed by atoms with E-state index in [2.05, 4.69) is 187 Å². The van der Waals surface area contributed by atoms with Crippen LogP contribution in [0.5, 0.6) is 0 Å². The lowest BCUT2D eigenvalue weighted by atomic mass is 9.89. The van der Waals surface area contributed by atoms with Gasteiger partial charge in [0, 0.05) is 47.5 Å². The van der Waals surface area contributed by atoms with E-state index in [0.717, 1.165) is 6.42 Å². The number of benzene rings is 7. The maximum absolute atomic E-state index is 2.46. The van der Waals surface area contributed by atoms with Gasteiger partial charge in [0.25, 0.3) is 0 Å². The molecule has 1 aliphatic heterocycles. The molecule has 0 radical (unpaired) electrons. The first-order valence-electron chi connectivity index (χ1n) is 17.5. The molecule has 0 spiro atoms. The van der Waals surface area contributed by atoms with Crippen molar-refractivity contribution in [2.75, 3.05) is 0 Å². The summed E-state index contributed by atoms with van der Waals surface area (Å²) in [5, 5.41) is 2.53. The molecule has 0 saturated carbocycles. The Bertz CT molecular complexity index is 2680. The monoisotopic (exact) mass is 687 g/mol. The second-order valence-corrected chi connectivity index (χ2v) is 15.4. The number of para-hydroxylation sites is 2. The van der Waals surface area contributed by atoms with E-state index in [1.54, 1.807) is 0 Å². The third kappa shape index (κ3) is 5.28. The van der Waals surface area contributed by atoms with Crippen LogP contribution >= 0.6 is 23.5 Å². The lowest BCUT2D eigenvalue weighted by molar-refractivity contribution is 0.850. The first-order valence-corrected chi connectivity index (χ1v) is 19.2. The summed E-state index contributed by atoms with van der Waals surface area (Å²) in [6, 6.07) is 58.4. The van der Waals surface area contributed by atoms with Crippen molar-refractivity contribution in [2.45, 2.75) is 31.9 Å². The number of hydrogen-bond acceptors (Lipinski definition) is 2. The summed E-state index contributed by atoms with van der Waals surface area (Å²) < 4.78 is 2.42. The van der Waals surface area contributed by atoms with Gasteiger partial charge in [0.2, 0.25) is 0 Å². The topological polar surface area (TPSA) is 4.93 Å². The maximum atomic E-state index is 2.46. The lowest BCUT2D eigenvalue weighted by Gasteiger charge is -2.23. The largest absolute Gasteiger partial charge is 0.309 e. The van der Waals surface area contributed by atoms with E-state index in [1.807, 2.05) is 23.5 Å². The molecule has 1 unspecified atom stereocenters. The Morgan fingerprint density at radius 2 is 1.16 bits per heavy atom. The maximum Gasteiger partial charge on any atom is 0.0547 e. The van der Waals surface area contributed by atoms with Crippen molar-refractivity contribution in [1.82, 2.24) is 4.57 Å². The van der Waals surface area contributed by atoms with Crippen LogP contribution in [0.1, 0.15) is 17.9 Å². The Balaban J connectivity index is 1.24. The van der Waals surface area contributed by atoms with Gasteiger partial charge in [0.1, 0.15) is 0 Å². The second kappa shape index (κ2) is 12.7. The molecule has 1 atom stereocenters. The zero-order valence-corrected chi connectivity index (χ0v) is 29.5. The van der Waals surface area contributed by atoms with E-state index in [1.165, 1.54) is 86.0 Å². The number of aromatic nitrogens is 1. The van der Waals surface area contributed by atoms with E-state index >= 15 is 0 Å². The smallest absolute Gasteiger partial charge is 0.0547 e. The highest BCUT2D eigenvalue weighted by atomic mass is 32.2. The van der Waals surface area contributed by atoms with Gasteiger partial charge in [-0.3, -0.25) is 0 Å². The number of rotatable bonds is 3. The molecule has 7 aromatic carbocycles. The molecule has 3 heteroatoms. The fourth-order valence-corrected chi connectivity index (χ4v) is 10.1. The van der Waals surface area contributed by atoms with Crippen LogP contribution in [0.15, 0.2) is 202 Å². The number of hydrogen-bond donors (Lipinski definition) is 0. The number of nitrogens with zero attached hydrogens (tertiary/aromatic N) is 1. The zero-order chi connectivity index (χ0) is 33.7. The minimum Gasteiger partial charge on any atom is -0.309 e. The van der Waals surface area contributed by atoms with Crippen LogP contribution in [0.3, 0.4) is 0 Å². The summed E-state index contributed by atoms with van der Waals surface area (Å²) in [6.07, 6.45) is 10.00. The van der Waals surface area contributed by atoms with E-state index < -0.39 is 0 Å². The van der Waals surface area contributed by atoms with E-state index in [4.69, 9.17) is 0 Å². The fourth-order valence-electron chi connectivity index (χ4n) is 7.81. The molecule has 0 amide bonds. The van der Waals surface area contributed by atoms with Crippen LogP contribution in [0.2, 0.25) is 0 Å². The Kier molecular flexibility index (Phi) is 7.55. The molecule has 1 aliphatic carbocycles. The highest BCUT2D eigenvalue weighted by molar-refractivity contribution is 8.00. The molecule has 2 aliphatic rings. The van der Waals surface area contributed by atoms with Crippen molar-refractivity contribution in [1.29, 1.82) is 0 Å². The van der Waals surface area contributed by atoms with Crippen LogP contribution in [0.25, 0.3) is 60.9 Å². The average Bonchev–Trinajstić information content (AvgIpc) is 3.53. The highest BCUT2D eigenvalue weighted by Crippen LogP contribution is 2.52. The summed E-state index contributed by atoms with van der Waals surface area (Å²) in [5.74, 6) is 0.374. The van der Waals surface area contributed by atoms with Gasteiger partial charge in [-0.15, -0.1) is 0 Å². The average molecular weight is 688 g/mol.